The molecule has 0 aromatic heterocycles. The van der Waals surface area contributed by atoms with Gasteiger partial charge in [-0.25, -0.2) is 0 Å². The summed E-state index contributed by atoms with van der Waals surface area (Å²) in [5.74, 6) is -0.561. The smallest absolute Gasteiger partial charge is 0.310 e. The summed E-state index contributed by atoms with van der Waals surface area (Å²) in [7, 11) is 2.13. The van der Waals surface area contributed by atoms with Gasteiger partial charge in [0.05, 0.1) is 5.41 Å². The molecule has 3 heteroatoms. The van der Waals surface area contributed by atoms with Gasteiger partial charge in [-0.3, -0.25) is 4.79 Å². The van der Waals surface area contributed by atoms with E-state index in [0.29, 0.717) is 6.04 Å². The zero-order chi connectivity index (χ0) is 13.0. The molecule has 0 saturated heterocycles. The minimum atomic E-state index is -0.561. The van der Waals surface area contributed by atoms with Gasteiger partial charge in [-0.2, -0.15) is 0 Å². The van der Waals surface area contributed by atoms with Gasteiger partial charge in [-0.15, -0.1) is 0 Å². The zero-order valence-corrected chi connectivity index (χ0v) is 11.7. The molecule has 0 unspecified atom stereocenters. The second kappa shape index (κ2) is 6.05. The van der Waals surface area contributed by atoms with Crippen LogP contribution in [0.3, 0.4) is 0 Å². The molecule has 104 valence electrons. The highest BCUT2D eigenvalue weighted by atomic mass is 16.4. The first-order chi connectivity index (χ1) is 8.64. The van der Waals surface area contributed by atoms with Crippen LogP contribution in [0.1, 0.15) is 64.2 Å². The predicted octanol–water partition coefficient (Wildman–Crippen LogP) is 3.29. The van der Waals surface area contributed by atoms with Crippen molar-refractivity contribution in [2.24, 2.45) is 5.41 Å². The lowest BCUT2D eigenvalue weighted by molar-refractivity contribution is -0.151. The summed E-state index contributed by atoms with van der Waals surface area (Å²) in [6.45, 7) is 0.757. The topological polar surface area (TPSA) is 40.5 Å². The Labute approximate surface area is 111 Å². The van der Waals surface area contributed by atoms with Crippen LogP contribution in [-0.2, 0) is 4.79 Å². The van der Waals surface area contributed by atoms with Gasteiger partial charge in [0.15, 0.2) is 0 Å². The second-order valence-electron chi connectivity index (χ2n) is 6.35. The van der Waals surface area contributed by atoms with Crippen LogP contribution in [0.4, 0.5) is 0 Å². The van der Waals surface area contributed by atoms with E-state index in [0.717, 1.165) is 32.2 Å². The normalized spacial score (nSPS) is 25.2. The fourth-order valence-corrected chi connectivity index (χ4v) is 3.80. The quantitative estimate of drug-likeness (QED) is 0.782. The van der Waals surface area contributed by atoms with E-state index < -0.39 is 11.4 Å². The molecule has 0 amide bonds. The first-order valence-corrected chi connectivity index (χ1v) is 7.58. The van der Waals surface area contributed by atoms with Gasteiger partial charge in [0.2, 0.25) is 0 Å². The summed E-state index contributed by atoms with van der Waals surface area (Å²) in [5.41, 5.74) is -0.464. The van der Waals surface area contributed by atoms with Gasteiger partial charge in [-0.1, -0.05) is 38.5 Å². The molecule has 3 nitrogen and oxygen atoms in total. The number of hydrogen-bond acceptors (Lipinski definition) is 2. The van der Waals surface area contributed by atoms with Crippen LogP contribution in [0.25, 0.3) is 0 Å². The van der Waals surface area contributed by atoms with Crippen molar-refractivity contribution in [1.29, 1.82) is 0 Å². The molecule has 0 aromatic rings. The van der Waals surface area contributed by atoms with E-state index in [4.69, 9.17) is 0 Å². The highest BCUT2D eigenvalue weighted by Gasteiger charge is 2.40. The van der Waals surface area contributed by atoms with Crippen LogP contribution in [0.5, 0.6) is 0 Å². The molecule has 0 aliphatic heterocycles. The molecule has 0 aromatic carbocycles. The molecule has 2 aliphatic carbocycles. The van der Waals surface area contributed by atoms with E-state index in [9.17, 15) is 9.90 Å². The Bertz CT molecular complexity index is 276. The summed E-state index contributed by atoms with van der Waals surface area (Å²) in [4.78, 5) is 14.1. The van der Waals surface area contributed by atoms with Crippen molar-refractivity contribution < 1.29 is 9.90 Å². The maximum atomic E-state index is 11.8. The number of carbonyl (C=O) groups is 1. The lowest BCUT2D eigenvalue weighted by Crippen LogP contribution is -2.44. The fourth-order valence-electron chi connectivity index (χ4n) is 3.80. The Morgan fingerprint density at radius 1 is 1.11 bits per heavy atom. The van der Waals surface area contributed by atoms with Crippen molar-refractivity contribution >= 4 is 5.97 Å². The monoisotopic (exact) mass is 253 g/mol. The summed E-state index contributed by atoms with van der Waals surface area (Å²) < 4.78 is 0. The summed E-state index contributed by atoms with van der Waals surface area (Å²) in [5, 5.41) is 9.68. The van der Waals surface area contributed by atoms with Gasteiger partial charge in [-0.05, 0) is 32.7 Å². The SMILES string of the molecule is CN(CC1(C(=O)O)CCCCCC1)C1CCCC1. The van der Waals surface area contributed by atoms with Crippen molar-refractivity contribution in [2.45, 2.75) is 70.3 Å². The first kappa shape index (κ1) is 13.9. The maximum Gasteiger partial charge on any atom is 0.310 e. The molecule has 0 spiro atoms. The standard InChI is InChI=1S/C15H27NO2/c1-16(13-8-4-5-9-13)12-15(14(17)18)10-6-2-3-7-11-15/h13H,2-12H2,1H3,(H,17,18). The number of carboxylic acids is 1. The molecule has 0 heterocycles. The van der Waals surface area contributed by atoms with E-state index in [1.54, 1.807) is 0 Å². The van der Waals surface area contributed by atoms with Crippen molar-refractivity contribution in [3.05, 3.63) is 0 Å². The fraction of sp³-hybridized carbons (Fsp3) is 0.933. The van der Waals surface area contributed by atoms with E-state index in [-0.39, 0.29) is 0 Å². The molecule has 1 N–H and O–H groups in total. The zero-order valence-electron chi connectivity index (χ0n) is 11.7. The van der Waals surface area contributed by atoms with Gasteiger partial charge < -0.3 is 10.0 Å². The third-order valence-corrected chi connectivity index (χ3v) is 5.01. The Kier molecular flexibility index (Phi) is 4.66. The number of carboxylic acid groups (broad SMARTS) is 1. The number of hydrogen-bond donors (Lipinski definition) is 1. The number of rotatable bonds is 4. The lowest BCUT2D eigenvalue weighted by Gasteiger charge is -2.35. The Hall–Kier alpha value is -0.570. The van der Waals surface area contributed by atoms with Crippen molar-refractivity contribution in [3.63, 3.8) is 0 Å². The van der Waals surface area contributed by atoms with E-state index >= 15 is 0 Å². The van der Waals surface area contributed by atoms with Gasteiger partial charge in [0.1, 0.15) is 0 Å². The molecule has 0 radical (unpaired) electrons. The molecule has 0 bridgehead atoms. The summed E-state index contributed by atoms with van der Waals surface area (Å²) in [6, 6.07) is 0.629. The van der Waals surface area contributed by atoms with E-state index in [1.165, 1.54) is 38.5 Å². The molecule has 0 atom stereocenters. The van der Waals surface area contributed by atoms with Crippen molar-refractivity contribution in [1.82, 2.24) is 4.90 Å². The highest BCUT2D eigenvalue weighted by molar-refractivity contribution is 5.75. The van der Waals surface area contributed by atoms with Crippen LogP contribution in [-0.4, -0.2) is 35.6 Å². The van der Waals surface area contributed by atoms with Crippen LogP contribution in [0.15, 0.2) is 0 Å². The van der Waals surface area contributed by atoms with Gasteiger partial charge in [0, 0.05) is 12.6 Å². The molecule has 18 heavy (non-hydrogen) atoms. The predicted molar refractivity (Wildman–Crippen MR) is 72.7 cm³/mol. The minimum Gasteiger partial charge on any atom is -0.481 e. The van der Waals surface area contributed by atoms with Crippen LogP contribution in [0.2, 0.25) is 0 Å². The summed E-state index contributed by atoms with van der Waals surface area (Å²) >= 11 is 0. The molecule has 2 fully saturated rings. The van der Waals surface area contributed by atoms with Gasteiger partial charge in [0.25, 0.3) is 0 Å². The van der Waals surface area contributed by atoms with E-state index in [2.05, 4.69) is 11.9 Å². The van der Waals surface area contributed by atoms with Crippen molar-refractivity contribution in [2.75, 3.05) is 13.6 Å². The molecular weight excluding hydrogens is 226 g/mol. The number of aliphatic carboxylic acids is 1. The largest absolute Gasteiger partial charge is 0.481 e. The molecule has 2 aliphatic rings. The van der Waals surface area contributed by atoms with Crippen LogP contribution in [0, 0.1) is 5.41 Å². The average Bonchev–Trinajstić information content (AvgIpc) is 2.77. The third-order valence-electron chi connectivity index (χ3n) is 5.01. The summed E-state index contributed by atoms with van der Waals surface area (Å²) in [6.07, 6.45) is 11.5. The van der Waals surface area contributed by atoms with Crippen LogP contribution < -0.4 is 0 Å². The molecule has 2 saturated carbocycles. The van der Waals surface area contributed by atoms with Gasteiger partial charge >= 0.3 is 5.97 Å². The Morgan fingerprint density at radius 2 is 1.67 bits per heavy atom. The minimum absolute atomic E-state index is 0.464. The van der Waals surface area contributed by atoms with E-state index in [1.807, 2.05) is 0 Å². The maximum absolute atomic E-state index is 11.8. The Balaban J connectivity index is 2.02. The highest BCUT2D eigenvalue weighted by Crippen LogP contribution is 2.37. The second-order valence-corrected chi connectivity index (χ2v) is 6.35. The third kappa shape index (κ3) is 3.05. The molecular formula is C15H27NO2. The molecule has 2 rings (SSSR count). The first-order valence-electron chi connectivity index (χ1n) is 7.58. The van der Waals surface area contributed by atoms with Crippen molar-refractivity contribution in [3.8, 4) is 0 Å². The average molecular weight is 253 g/mol. The Morgan fingerprint density at radius 3 is 2.17 bits per heavy atom. The number of nitrogens with zero attached hydrogens (tertiary/aromatic N) is 1. The lowest BCUT2D eigenvalue weighted by atomic mass is 9.79. The van der Waals surface area contributed by atoms with Crippen LogP contribution >= 0.6 is 0 Å².